The summed E-state index contributed by atoms with van der Waals surface area (Å²) in [7, 11) is 1.85. The van der Waals surface area contributed by atoms with Crippen LogP contribution in [-0.2, 0) is 17.9 Å². The van der Waals surface area contributed by atoms with Gasteiger partial charge in [-0.05, 0) is 44.0 Å². The number of benzene rings is 2. The standard InChI is InChI=1S/C20H26N2O3.C2H6/c1-20(2,3)25-19(23)22-13-16-10-17(21-4)12-18(11-16)24-14-15-8-6-5-7-9-15;1-2/h5-12,21H,13-14H2,1-4H3,(H,22,23);1-2H3. The molecule has 5 heteroatoms. The van der Waals surface area contributed by atoms with E-state index >= 15 is 0 Å². The van der Waals surface area contributed by atoms with Gasteiger partial charge >= 0.3 is 6.09 Å². The Bertz CT molecular complexity index is 694. The third-order valence-corrected chi connectivity index (χ3v) is 3.34. The van der Waals surface area contributed by atoms with Crippen LogP contribution in [-0.4, -0.2) is 18.7 Å². The lowest BCUT2D eigenvalue weighted by Gasteiger charge is -2.20. The van der Waals surface area contributed by atoms with Crippen molar-refractivity contribution in [2.45, 2.75) is 53.4 Å². The highest BCUT2D eigenvalue weighted by atomic mass is 16.6. The summed E-state index contributed by atoms with van der Waals surface area (Å²) >= 11 is 0. The van der Waals surface area contributed by atoms with Crippen LogP contribution in [0.2, 0.25) is 0 Å². The van der Waals surface area contributed by atoms with Crippen molar-refractivity contribution in [2.24, 2.45) is 0 Å². The van der Waals surface area contributed by atoms with E-state index in [0.29, 0.717) is 13.2 Å². The minimum absolute atomic E-state index is 0.367. The Morgan fingerprint density at radius 3 is 2.26 bits per heavy atom. The first-order chi connectivity index (χ1) is 12.9. The van der Waals surface area contributed by atoms with Crippen molar-refractivity contribution in [3.63, 3.8) is 0 Å². The van der Waals surface area contributed by atoms with Crippen LogP contribution >= 0.6 is 0 Å². The smallest absolute Gasteiger partial charge is 0.407 e. The van der Waals surface area contributed by atoms with Gasteiger partial charge in [0.05, 0.1) is 0 Å². The number of carbonyl (C=O) groups is 1. The number of hydrogen-bond acceptors (Lipinski definition) is 4. The van der Waals surface area contributed by atoms with Crippen molar-refractivity contribution in [1.29, 1.82) is 0 Å². The molecular formula is C22H32N2O3. The molecule has 27 heavy (non-hydrogen) atoms. The summed E-state index contributed by atoms with van der Waals surface area (Å²) in [5, 5.41) is 5.87. The Hall–Kier alpha value is -2.69. The average molecular weight is 373 g/mol. The van der Waals surface area contributed by atoms with Gasteiger partial charge in [0.25, 0.3) is 0 Å². The van der Waals surface area contributed by atoms with Crippen LogP contribution in [0.5, 0.6) is 5.75 Å². The monoisotopic (exact) mass is 372 g/mol. The van der Waals surface area contributed by atoms with Gasteiger partial charge in [-0.2, -0.15) is 0 Å². The van der Waals surface area contributed by atoms with E-state index in [2.05, 4.69) is 10.6 Å². The quantitative estimate of drug-likeness (QED) is 0.717. The maximum Gasteiger partial charge on any atom is 0.407 e. The van der Waals surface area contributed by atoms with Crippen LogP contribution in [0.15, 0.2) is 48.5 Å². The molecule has 0 heterocycles. The number of alkyl carbamates (subject to hydrolysis) is 1. The number of hydrogen-bond donors (Lipinski definition) is 2. The fourth-order valence-electron chi connectivity index (χ4n) is 2.22. The normalized spacial score (nSPS) is 10.3. The van der Waals surface area contributed by atoms with Crippen LogP contribution in [0.25, 0.3) is 0 Å². The Morgan fingerprint density at radius 2 is 1.67 bits per heavy atom. The van der Waals surface area contributed by atoms with E-state index in [1.165, 1.54) is 0 Å². The fraction of sp³-hybridized carbons (Fsp3) is 0.409. The average Bonchev–Trinajstić information content (AvgIpc) is 2.65. The first-order valence-corrected chi connectivity index (χ1v) is 9.31. The molecule has 0 unspecified atom stereocenters. The lowest BCUT2D eigenvalue weighted by atomic mass is 10.2. The summed E-state index contributed by atoms with van der Waals surface area (Å²) in [6, 6.07) is 15.8. The number of ether oxygens (including phenoxy) is 2. The van der Waals surface area contributed by atoms with E-state index in [-0.39, 0.29) is 0 Å². The predicted molar refractivity (Wildman–Crippen MR) is 111 cm³/mol. The van der Waals surface area contributed by atoms with Gasteiger partial charge in [-0.15, -0.1) is 0 Å². The largest absolute Gasteiger partial charge is 0.489 e. The molecule has 2 aromatic carbocycles. The third-order valence-electron chi connectivity index (χ3n) is 3.34. The molecule has 0 fully saturated rings. The molecule has 2 aromatic rings. The molecule has 0 aliphatic rings. The minimum Gasteiger partial charge on any atom is -0.489 e. The number of nitrogens with one attached hydrogen (secondary N) is 2. The molecule has 2 rings (SSSR count). The molecule has 0 aliphatic carbocycles. The van der Waals surface area contributed by atoms with Gasteiger partial charge in [-0.25, -0.2) is 4.79 Å². The highest BCUT2D eigenvalue weighted by Crippen LogP contribution is 2.22. The lowest BCUT2D eigenvalue weighted by molar-refractivity contribution is 0.0523. The number of amides is 1. The van der Waals surface area contributed by atoms with Crippen LogP contribution in [0, 0.1) is 0 Å². The van der Waals surface area contributed by atoms with Gasteiger partial charge in [0, 0.05) is 25.3 Å². The van der Waals surface area contributed by atoms with Gasteiger partial charge in [-0.1, -0.05) is 44.2 Å². The summed E-state index contributed by atoms with van der Waals surface area (Å²) in [4.78, 5) is 11.8. The molecule has 5 nitrogen and oxygen atoms in total. The van der Waals surface area contributed by atoms with Crippen molar-refractivity contribution in [1.82, 2.24) is 5.32 Å². The van der Waals surface area contributed by atoms with Crippen molar-refractivity contribution >= 4 is 11.8 Å². The second-order valence-electron chi connectivity index (χ2n) is 6.75. The topological polar surface area (TPSA) is 59.6 Å². The molecule has 0 radical (unpaired) electrons. The molecule has 0 aromatic heterocycles. The molecule has 0 saturated heterocycles. The first-order valence-electron chi connectivity index (χ1n) is 9.31. The lowest BCUT2D eigenvalue weighted by Crippen LogP contribution is -2.32. The number of anilines is 1. The van der Waals surface area contributed by atoms with Crippen LogP contribution in [0.4, 0.5) is 10.5 Å². The van der Waals surface area contributed by atoms with Crippen LogP contribution < -0.4 is 15.4 Å². The molecule has 148 valence electrons. The Labute approximate surface area is 163 Å². The summed E-state index contributed by atoms with van der Waals surface area (Å²) in [6.07, 6.45) is -0.436. The summed E-state index contributed by atoms with van der Waals surface area (Å²) in [5.41, 5.74) is 2.44. The number of carbonyl (C=O) groups excluding carboxylic acids is 1. The minimum atomic E-state index is -0.513. The summed E-state index contributed by atoms with van der Waals surface area (Å²) < 4.78 is 11.1. The van der Waals surface area contributed by atoms with E-state index < -0.39 is 11.7 Å². The molecule has 1 amide bonds. The second-order valence-corrected chi connectivity index (χ2v) is 6.75. The maximum atomic E-state index is 11.8. The van der Waals surface area contributed by atoms with E-state index in [9.17, 15) is 4.79 Å². The molecule has 0 aliphatic heterocycles. The SMILES string of the molecule is CC.CNc1cc(CNC(=O)OC(C)(C)C)cc(OCc2ccccc2)c1. The van der Waals surface area contributed by atoms with Crippen molar-refractivity contribution in [2.75, 3.05) is 12.4 Å². The van der Waals surface area contributed by atoms with Crippen molar-refractivity contribution in [3.8, 4) is 5.75 Å². The maximum absolute atomic E-state index is 11.8. The first kappa shape index (κ1) is 22.4. The molecular weight excluding hydrogens is 340 g/mol. The van der Waals surface area contributed by atoms with Gasteiger partial charge < -0.3 is 20.1 Å². The van der Waals surface area contributed by atoms with Gasteiger partial charge in [-0.3, -0.25) is 0 Å². The molecule has 0 atom stereocenters. The molecule has 0 bridgehead atoms. The highest BCUT2D eigenvalue weighted by molar-refractivity contribution is 5.67. The van der Waals surface area contributed by atoms with Gasteiger partial charge in [0.1, 0.15) is 18.0 Å². The zero-order valence-electron chi connectivity index (χ0n) is 17.3. The Morgan fingerprint density at radius 1 is 1.00 bits per heavy atom. The second kappa shape index (κ2) is 11.1. The van der Waals surface area contributed by atoms with E-state index in [1.807, 2.05) is 90.2 Å². The Kier molecular flexibility index (Phi) is 9.20. The zero-order valence-corrected chi connectivity index (χ0v) is 17.3. The molecule has 2 N–H and O–H groups in total. The summed E-state index contributed by atoms with van der Waals surface area (Å²) in [5.74, 6) is 0.747. The van der Waals surface area contributed by atoms with Crippen LogP contribution in [0.3, 0.4) is 0 Å². The highest BCUT2D eigenvalue weighted by Gasteiger charge is 2.15. The third kappa shape index (κ3) is 8.99. The summed E-state index contributed by atoms with van der Waals surface area (Å²) in [6.45, 7) is 10.4. The van der Waals surface area contributed by atoms with E-state index in [1.54, 1.807) is 0 Å². The molecule has 0 saturated carbocycles. The molecule has 0 spiro atoms. The zero-order chi connectivity index (χ0) is 20.3. The van der Waals surface area contributed by atoms with E-state index in [0.717, 1.165) is 22.6 Å². The Balaban J connectivity index is 0.00000176. The fourth-order valence-corrected chi connectivity index (χ4v) is 2.22. The van der Waals surface area contributed by atoms with E-state index in [4.69, 9.17) is 9.47 Å². The van der Waals surface area contributed by atoms with Crippen molar-refractivity contribution in [3.05, 3.63) is 59.7 Å². The predicted octanol–water partition coefficient (Wildman–Crippen LogP) is 5.36. The van der Waals surface area contributed by atoms with Crippen LogP contribution in [0.1, 0.15) is 45.7 Å². The van der Waals surface area contributed by atoms with Gasteiger partial charge in [0.15, 0.2) is 0 Å². The number of rotatable bonds is 6. The van der Waals surface area contributed by atoms with Gasteiger partial charge in [0.2, 0.25) is 0 Å². The van der Waals surface area contributed by atoms with Crippen molar-refractivity contribution < 1.29 is 14.3 Å².